The molecule has 5 heteroatoms. The zero-order chi connectivity index (χ0) is 18.4. The molecule has 0 radical (unpaired) electrons. The largest absolute Gasteiger partial charge is 0.377 e. The van der Waals surface area contributed by atoms with E-state index < -0.39 is 0 Å². The predicted octanol–water partition coefficient (Wildman–Crippen LogP) is 3.81. The minimum Gasteiger partial charge on any atom is -0.377 e. The summed E-state index contributed by atoms with van der Waals surface area (Å²) in [7, 11) is 0. The number of thioether (sulfide) groups is 1. The molecule has 2 aliphatic heterocycles. The summed E-state index contributed by atoms with van der Waals surface area (Å²) >= 11 is 1.74. The number of likely N-dealkylation sites (tertiary alicyclic amines) is 1. The molecule has 2 fully saturated rings. The molecule has 2 aliphatic rings. The van der Waals surface area contributed by atoms with Gasteiger partial charge in [-0.05, 0) is 56.8 Å². The molecule has 2 heterocycles. The Balaban J connectivity index is 1.58. The van der Waals surface area contributed by atoms with Gasteiger partial charge in [0.2, 0.25) is 0 Å². The smallest absolute Gasteiger partial charge is 0.252 e. The molecule has 1 aromatic rings. The van der Waals surface area contributed by atoms with Crippen LogP contribution in [0.25, 0.3) is 0 Å². The number of ether oxygens (including phenoxy) is 1. The van der Waals surface area contributed by atoms with Crippen LogP contribution < -0.4 is 5.32 Å². The van der Waals surface area contributed by atoms with Gasteiger partial charge in [0.05, 0.1) is 11.7 Å². The minimum atomic E-state index is 0.0466. The van der Waals surface area contributed by atoms with Crippen molar-refractivity contribution in [3.05, 3.63) is 29.8 Å². The lowest BCUT2D eigenvalue weighted by Gasteiger charge is -2.31. The summed E-state index contributed by atoms with van der Waals surface area (Å²) in [6.07, 6.45) is 5.17. The highest BCUT2D eigenvalue weighted by Crippen LogP contribution is 2.27. The first-order valence-corrected chi connectivity index (χ1v) is 11.0. The lowest BCUT2D eigenvalue weighted by molar-refractivity contribution is 0.0924. The van der Waals surface area contributed by atoms with Crippen LogP contribution in [-0.4, -0.2) is 54.9 Å². The third-order valence-electron chi connectivity index (χ3n) is 5.43. The maximum Gasteiger partial charge on any atom is 0.252 e. The van der Waals surface area contributed by atoms with Crippen molar-refractivity contribution >= 4 is 17.7 Å². The summed E-state index contributed by atoms with van der Waals surface area (Å²) in [5.74, 6) is 1.51. The second-order valence-corrected chi connectivity index (χ2v) is 8.77. The predicted molar refractivity (Wildman–Crippen MR) is 108 cm³/mol. The van der Waals surface area contributed by atoms with Crippen molar-refractivity contribution in [1.29, 1.82) is 0 Å². The lowest BCUT2D eigenvalue weighted by atomic mass is 10.0. The number of nitrogens with zero attached hydrogens (tertiary/aromatic N) is 1. The van der Waals surface area contributed by atoms with Crippen LogP contribution in [0.1, 0.15) is 49.9 Å². The fourth-order valence-corrected chi connectivity index (χ4v) is 5.01. The van der Waals surface area contributed by atoms with Crippen molar-refractivity contribution in [1.82, 2.24) is 10.2 Å². The van der Waals surface area contributed by atoms with Gasteiger partial charge in [0.25, 0.3) is 5.91 Å². The maximum absolute atomic E-state index is 12.8. The average Bonchev–Trinajstić information content (AvgIpc) is 3.34. The minimum absolute atomic E-state index is 0.0466. The second kappa shape index (κ2) is 9.77. The van der Waals surface area contributed by atoms with E-state index in [2.05, 4.69) is 30.1 Å². The lowest BCUT2D eigenvalue weighted by Crippen LogP contribution is -2.45. The number of nitrogens with one attached hydrogen (secondary N) is 1. The summed E-state index contributed by atoms with van der Waals surface area (Å²) in [5, 5.41) is 3.20. The van der Waals surface area contributed by atoms with Crippen molar-refractivity contribution in [3.63, 3.8) is 0 Å². The van der Waals surface area contributed by atoms with Crippen LogP contribution in [0.4, 0.5) is 0 Å². The fraction of sp³-hybridized carbons (Fsp3) is 0.667. The van der Waals surface area contributed by atoms with E-state index in [1.165, 1.54) is 12.8 Å². The Morgan fingerprint density at radius 2 is 2.04 bits per heavy atom. The standard InChI is InChI=1S/C21H32N2O2S/c1-16(2)19(23-11-5-6-12-23)14-22-21(24)18-9-3-4-10-20(18)26-15-17-8-7-13-25-17/h3-4,9-10,16-17,19H,5-8,11-15H2,1-2H3,(H,22,24)/t17-,19-/m1/s1. The average molecular weight is 377 g/mol. The molecular formula is C21H32N2O2S. The van der Waals surface area contributed by atoms with Crippen LogP contribution in [0.3, 0.4) is 0 Å². The van der Waals surface area contributed by atoms with Gasteiger partial charge in [-0.1, -0.05) is 26.0 Å². The van der Waals surface area contributed by atoms with Gasteiger partial charge in [-0.3, -0.25) is 9.69 Å². The highest BCUT2D eigenvalue weighted by Gasteiger charge is 2.25. The third kappa shape index (κ3) is 5.24. The number of amides is 1. The van der Waals surface area contributed by atoms with E-state index in [4.69, 9.17) is 4.74 Å². The highest BCUT2D eigenvalue weighted by atomic mass is 32.2. The fourth-order valence-electron chi connectivity index (χ4n) is 3.89. The van der Waals surface area contributed by atoms with Crippen molar-refractivity contribution in [3.8, 4) is 0 Å². The Hall–Kier alpha value is -1.04. The van der Waals surface area contributed by atoms with Crippen LogP contribution in [0.15, 0.2) is 29.2 Å². The van der Waals surface area contributed by atoms with E-state index >= 15 is 0 Å². The Bertz CT molecular complexity index is 581. The number of carbonyl (C=O) groups excluding carboxylic acids is 1. The van der Waals surface area contributed by atoms with E-state index in [1.54, 1.807) is 11.8 Å². The first kappa shape index (κ1) is 19.7. The SMILES string of the molecule is CC(C)[C@@H](CNC(=O)c1ccccc1SC[C@H]1CCCO1)N1CCCC1. The Morgan fingerprint density at radius 3 is 2.73 bits per heavy atom. The zero-order valence-electron chi connectivity index (χ0n) is 16.1. The molecule has 3 rings (SSSR count). The quantitative estimate of drug-likeness (QED) is 0.701. The van der Waals surface area contributed by atoms with Crippen molar-refractivity contribution < 1.29 is 9.53 Å². The molecule has 2 atom stereocenters. The van der Waals surface area contributed by atoms with Crippen LogP contribution in [-0.2, 0) is 4.74 Å². The number of carbonyl (C=O) groups is 1. The van der Waals surface area contributed by atoms with Gasteiger partial charge in [-0.15, -0.1) is 11.8 Å². The molecule has 1 aromatic carbocycles. The molecule has 0 aromatic heterocycles. The molecule has 144 valence electrons. The molecule has 1 N–H and O–H groups in total. The first-order valence-electron chi connectivity index (χ1n) is 10.0. The second-order valence-electron chi connectivity index (χ2n) is 7.71. The van der Waals surface area contributed by atoms with Gasteiger partial charge in [-0.2, -0.15) is 0 Å². The van der Waals surface area contributed by atoms with E-state index in [-0.39, 0.29) is 5.91 Å². The van der Waals surface area contributed by atoms with Gasteiger partial charge >= 0.3 is 0 Å². The number of rotatable bonds is 8. The number of hydrogen-bond donors (Lipinski definition) is 1. The molecule has 0 unspecified atom stereocenters. The van der Waals surface area contributed by atoms with Gasteiger partial charge in [0.1, 0.15) is 0 Å². The Labute approximate surface area is 162 Å². The summed E-state index contributed by atoms with van der Waals surface area (Å²) in [4.78, 5) is 16.4. The summed E-state index contributed by atoms with van der Waals surface area (Å²) in [5.41, 5.74) is 0.791. The van der Waals surface area contributed by atoms with Crippen molar-refractivity contribution in [2.75, 3.05) is 32.0 Å². The Kier molecular flexibility index (Phi) is 7.41. The summed E-state index contributed by atoms with van der Waals surface area (Å²) in [6.45, 7) is 8.42. The summed E-state index contributed by atoms with van der Waals surface area (Å²) in [6, 6.07) is 8.37. The number of hydrogen-bond acceptors (Lipinski definition) is 4. The molecular weight excluding hydrogens is 344 g/mol. The van der Waals surface area contributed by atoms with Crippen molar-refractivity contribution in [2.45, 2.75) is 56.6 Å². The molecule has 0 bridgehead atoms. The van der Waals surface area contributed by atoms with Crippen LogP contribution in [0.5, 0.6) is 0 Å². The third-order valence-corrected chi connectivity index (χ3v) is 6.64. The van der Waals surface area contributed by atoms with Crippen LogP contribution >= 0.6 is 11.8 Å². The van der Waals surface area contributed by atoms with Gasteiger partial charge in [0.15, 0.2) is 0 Å². The highest BCUT2D eigenvalue weighted by molar-refractivity contribution is 7.99. The monoisotopic (exact) mass is 376 g/mol. The van der Waals surface area contributed by atoms with Gasteiger partial charge in [-0.25, -0.2) is 0 Å². The molecule has 1 amide bonds. The van der Waals surface area contributed by atoms with E-state index in [0.717, 1.165) is 55.3 Å². The first-order chi connectivity index (χ1) is 12.6. The van der Waals surface area contributed by atoms with E-state index in [9.17, 15) is 4.79 Å². The van der Waals surface area contributed by atoms with Gasteiger partial charge in [0, 0.05) is 29.8 Å². The van der Waals surface area contributed by atoms with E-state index in [1.807, 2.05) is 18.2 Å². The molecule has 0 aliphatic carbocycles. The molecule has 4 nitrogen and oxygen atoms in total. The van der Waals surface area contributed by atoms with Gasteiger partial charge < -0.3 is 10.1 Å². The summed E-state index contributed by atoms with van der Waals surface area (Å²) < 4.78 is 5.71. The van der Waals surface area contributed by atoms with Crippen LogP contribution in [0, 0.1) is 5.92 Å². The number of benzene rings is 1. The van der Waals surface area contributed by atoms with Crippen LogP contribution in [0.2, 0.25) is 0 Å². The molecule has 0 saturated carbocycles. The van der Waals surface area contributed by atoms with Crippen molar-refractivity contribution in [2.24, 2.45) is 5.92 Å². The molecule has 2 saturated heterocycles. The normalized spacial score (nSPS) is 22.0. The maximum atomic E-state index is 12.8. The Morgan fingerprint density at radius 1 is 1.27 bits per heavy atom. The molecule has 26 heavy (non-hydrogen) atoms. The zero-order valence-corrected chi connectivity index (χ0v) is 16.9. The molecule has 0 spiro atoms. The topological polar surface area (TPSA) is 41.6 Å². The van der Waals surface area contributed by atoms with E-state index in [0.29, 0.717) is 18.1 Å².